The predicted molar refractivity (Wildman–Crippen MR) is 94.4 cm³/mol. The fraction of sp³-hybridized carbons (Fsp3) is 0.588. The van der Waals surface area contributed by atoms with Crippen molar-refractivity contribution in [2.24, 2.45) is 0 Å². The monoisotopic (exact) mass is 337 g/mol. The van der Waals surface area contributed by atoms with E-state index >= 15 is 0 Å². The van der Waals surface area contributed by atoms with Gasteiger partial charge in [-0.2, -0.15) is 0 Å². The van der Waals surface area contributed by atoms with Crippen molar-refractivity contribution in [3.63, 3.8) is 0 Å². The second-order valence-electron chi connectivity index (χ2n) is 6.84. The highest BCUT2D eigenvalue weighted by Crippen LogP contribution is 2.36. The summed E-state index contributed by atoms with van der Waals surface area (Å²) in [6, 6.07) is 5.30. The summed E-state index contributed by atoms with van der Waals surface area (Å²) in [7, 11) is -0.526. The van der Waals surface area contributed by atoms with E-state index in [-0.39, 0.29) is 5.91 Å². The van der Waals surface area contributed by atoms with Crippen LogP contribution in [0.3, 0.4) is 0 Å². The molecule has 1 heterocycles. The summed E-state index contributed by atoms with van der Waals surface area (Å²) in [6.07, 6.45) is 0. The number of hydrogen-bond acceptors (Lipinski definition) is 3. The largest absolute Gasteiger partial charge is 0.494 e. The van der Waals surface area contributed by atoms with Gasteiger partial charge in [0.15, 0.2) is 0 Å². The van der Waals surface area contributed by atoms with Gasteiger partial charge in [-0.3, -0.25) is 4.79 Å². The molecule has 0 N–H and O–H groups in total. The number of benzene rings is 1. The zero-order valence-corrected chi connectivity index (χ0v) is 15.5. The number of hydrogen-bond donors (Lipinski definition) is 0. The fourth-order valence-corrected chi connectivity index (χ4v) is 2.79. The molecule has 1 aliphatic heterocycles. The zero-order valence-electron chi connectivity index (χ0n) is 14.8. The van der Waals surface area contributed by atoms with Gasteiger partial charge in [-0.25, -0.2) is 0 Å². The molecule has 0 atom stereocenters. The smallest absolute Gasteiger partial charge is 0.399 e. The van der Waals surface area contributed by atoms with E-state index < -0.39 is 18.3 Å². The van der Waals surface area contributed by atoms with Crippen molar-refractivity contribution in [3.05, 3.63) is 28.8 Å². The van der Waals surface area contributed by atoms with Crippen LogP contribution in [0.5, 0.6) is 0 Å². The molecule has 1 fully saturated rings. The maximum atomic E-state index is 12.6. The lowest BCUT2D eigenvalue weighted by atomic mass is 9.78. The van der Waals surface area contributed by atoms with E-state index in [1.807, 2.05) is 47.6 Å². The molecule has 126 valence electrons. The van der Waals surface area contributed by atoms with E-state index in [2.05, 4.69) is 0 Å². The summed E-state index contributed by atoms with van der Waals surface area (Å²) in [5, 5.41) is 0.507. The Hall–Kier alpha value is -1.04. The molecule has 1 aromatic carbocycles. The molecule has 23 heavy (non-hydrogen) atoms. The van der Waals surface area contributed by atoms with E-state index in [0.29, 0.717) is 23.7 Å². The SMILES string of the molecule is CCN(CC)C(=O)c1cc(Cl)cc(B2OC(C)(C)C(C)(C)O2)c1. The average molecular weight is 338 g/mol. The standard InChI is InChI=1S/C17H25BClNO3/c1-7-20(8-2)15(21)12-9-13(11-14(19)10-12)18-22-16(3,4)17(5,6)23-18/h9-11H,7-8H2,1-6H3. The van der Waals surface area contributed by atoms with E-state index in [4.69, 9.17) is 20.9 Å². The highest BCUT2D eigenvalue weighted by molar-refractivity contribution is 6.62. The van der Waals surface area contributed by atoms with Gasteiger partial charge in [0, 0.05) is 23.7 Å². The molecular formula is C17H25BClNO3. The molecule has 1 amide bonds. The minimum atomic E-state index is -0.526. The summed E-state index contributed by atoms with van der Waals surface area (Å²) in [5.41, 5.74) is 0.476. The zero-order chi connectivity index (χ0) is 17.4. The Morgan fingerprint density at radius 3 is 2.09 bits per heavy atom. The first-order valence-corrected chi connectivity index (χ1v) is 8.44. The molecule has 0 aliphatic carbocycles. The summed E-state index contributed by atoms with van der Waals surface area (Å²) in [4.78, 5) is 14.3. The van der Waals surface area contributed by atoms with Gasteiger partial charge in [0.05, 0.1) is 11.2 Å². The predicted octanol–water partition coefficient (Wildman–Crippen LogP) is 3.12. The van der Waals surface area contributed by atoms with Gasteiger partial charge in [-0.15, -0.1) is 0 Å². The number of halogens is 1. The van der Waals surface area contributed by atoms with Gasteiger partial charge in [0.2, 0.25) is 0 Å². The summed E-state index contributed by atoms with van der Waals surface area (Å²) >= 11 is 6.22. The minimum Gasteiger partial charge on any atom is -0.399 e. The van der Waals surface area contributed by atoms with Crippen LogP contribution in [0.4, 0.5) is 0 Å². The third-order valence-corrected chi connectivity index (χ3v) is 4.96. The summed E-state index contributed by atoms with van der Waals surface area (Å²) < 4.78 is 12.1. The van der Waals surface area contributed by atoms with Crippen molar-refractivity contribution in [2.75, 3.05) is 13.1 Å². The van der Waals surface area contributed by atoms with Crippen molar-refractivity contribution >= 4 is 30.1 Å². The van der Waals surface area contributed by atoms with Crippen LogP contribution in [-0.4, -0.2) is 42.2 Å². The van der Waals surface area contributed by atoms with Gasteiger partial charge in [-0.05, 0) is 65.2 Å². The number of amides is 1. The van der Waals surface area contributed by atoms with Crippen LogP contribution in [0, 0.1) is 0 Å². The molecule has 0 radical (unpaired) electrons. The van der Waals surface area contributed by atoms with Crippen molar-refractivity contribution < 1.29 is 14.1 Å². The van der Waals surface area contributed by atoms with Crippen LogP contribution in [0.1, 0.15) is 51.9 Å². The van der Waals surface area contributed by atoms with Gasteiger partial charge in [-0.1, -0.05) is 11.6 Å². The first-order chi connectivity index (χ1) is 10.6. The summed E-state index contributed by atoms with van der Waals surface area (Å²) in [5.74, 6) is -0.0322. The second-order valence-corrected chi connectivity index (χ2v) is 7.28. The third-order valence-electron chi connectivity index (χ3n) is 4.74. The topological polar surface area (TPSA) is 38.8 Å². The second kappa shape index (κ2) is 6.46. The first kappa shape index (κ1) is 18.3. The molecular weight excluding hydrogens is 312 g/mol. The first-order valence-electron chi connectivity index (χ1n) is 8.06. The van der Waals surface area contributed by atoms with Crippen molar-refractivity contribution in [3.8, 4) is 0 Å². The maximum Gasteiger partial charge on any atom is 0.494 e. The Morgan fingerprint density at radius 2 is 1.61 bits per heavy atom. The number of carbonyl (C=O) groups is 1. The van der Waals surface area contributed by atoms with Crippen LogP contribution in [0.15, 0.2) is 18.2 Å². The molecule has 0 unspecified atom stereocenters. The Labute approximate surface area is 144 Å². The molecule has 0 spiro atoms. The Balaban J connectivity index is 2.34. The molecule has 1 saturated heterocycles. The van der Waals surface area contributed by atoms with Gasteiger partial charge in [0.25, 0.3) is 5.91 Å². The lowest BCUT2D eigenvalue weighted by molar-refractivity contribution is 0.00578. The van der Waals surface area contributed by atoms with Gasteiger partial charge < -0.3 is 14.2 Å². The lowest BCUT2D eigenvalue weighted by Gasteiger charge is -2.32. The molecule has 1 aromatic rings. The van der Waals surface area contributed by atoms with Gasteiger partial charge in [0.1, 0.15) is 0 Å². The van der Waals surface area contributed by atoms with E-state index in [0.717, 1.165) is 5.46 Å². The van der Waals surface area contributed by atoms with E-state index in [1.54, 1.807) is 17.0 Å². The Kier molecular flexibility index (Phi) is 5.14. The number of rotatable bonds is 4. The van der Waals surface area contributed by atoms with Crippen LogP contribution in [0.25, 0.3) is 0 Å². The molecule has 2 rings (SSSR count). The van der Waals surface area contributed by atoms with Crippen LogP contribution in [-0.2, 0) is 9.31 Å². The quantitative estimate of drug-likeness (QED) is 0.792. The van der Waals surface area contributed by atoms with Crippen molar-refractivity contribution in [1.82, 2.24) is 4.90 Å². The van der Waals surface area contributed by atoms with Crippen molar-refractivity contribution in [1.29, 1.82) is 0 Å². The van der Waals surface area contributed by atoms with Crippen LogP contribution >= 0.6 is 11.6 Å². The number of nitrogens with zero attached hydrogens (tertiary/aromatic N) is 1. The molecule has 4 nitrogen and oxygen atoms in total. The van der Waals surface area contributed by atoms with Crippen LogP contribution in [0.2, 0.25) is 5.02 Å². The third kappa shape index (κ3) is 3.57. The highest BCUT2D eigenvalue weighted by Gasteiger charge is 2.51. The maximum absolute atomic E-state index is 12.6. The normalized spacial score (nSPS) is 19.0. The minimum absolute atomic E-state index is 0.0322. The van der Waals surface area contributed by atoms with E-state index in [1.165, 1.54) is 0 Å². The Bertz CT molecular complexity index is 584. The molecule has 0 saturated carbocycles. The average Bonchev–Trinajstić information content (AvgIpc) is 2.68. The lowest BCUT2D eigenvalue weighted by Crippen LogP contribution is -2.41. The van der Waals surface area contributed by atoms with Crippen LogP contribution < -0.4 is 5.46 Å². The highest BCUT2D eigenvalue weighted by atomic mass is 35.5. The van der Waals surface area contributed by atoms with Gasteiger partial charge >= 0.3 is 7.12 Å². The number of carbonyl (C=O) groups excluding carboxylic acids is 1. The molecule has 1 aliphatic rings. The fourth-order valence-electron chi connectivity index (χ4n) is 2.54. The van der Waals surface area contributed by atoms with E-state index in [9.17, 15) is 4.79 Å². The van der Waals surface area contributed by atoms with Crippen molar-refractivity contribution in [2.45, 2.75) is 52.7 Å². The summed E-state index contributed by atoms with van der Waals surface area (Å²) in [6.45, 7) is 13.2. The Morgan fingerprint density at radius 1 is 1.09 bits per heavy atom. The molecule has 0 bridgehead atoms. The molecule has 6 heteroatoms. The molecule has 0 aromatic heterocycles.